The average Bonchev–Trinajstić information content (AvgIpc) is 3.26. The van der Waals surface area contributed by atoms with Crippen LogP contribution in [0.2, 0.25) is 0 Å². The molecular formula is C20H20N4O3. The van der Waals surface area contributed by atoms with E-state index in [0.29, 0.717) is 25.2 Å². The molecule has 7 heteroatoms. The summed E-state index contributed by atoms with van der Waals surface area (Å²) in [6.45, 7) is 1.06. The van der Waals surface area contributed by atoms with Crippen LogP contribution in [-0.2, 0) is 19.5 Å². The van der Waals surface area contributed by atoms with Crippen LogP contribution in [0.4, 0.5) is 0 Å². The first-order valence-corrected chi connectivity index (χ1v) is 8.76. The molecule has 1 aromatic carbocycles. The van der Waals surface area contributed by atoms with Crippen molar-refractivity contribution in [2.24, 2.45) is 0 Å². The van der Waals surface area contributed by atoms with Crippen molar-refractivity contribution in [3.05, 3.63) is 71.8 Å². The van der Waals surface area contributed by atoms with Gasteiger partial charge in [0, 0.05) is 24.9 Å². The number of benzene rings is 1. The number of rotatable bonds is 6. The van der Waals surface area contributed by atoms with E-state index in [0.717, 1.165) is 22.8 Å². The first kappa shape index (κ1) is 17.1. The third-order valence-electron chi connectivity index (χ3n) is 4.46. The summed E-state index contributed by atoms with van der Waals surface area (Å²) in [7, 11) is 1.63. The number of pyridine rings is 1. The smallest absolute Gasteiger partial charge is 0.272 e. The molecule has 1 amide bonds. The fourth-order valence-electron chi connectivity index (χ4n) is 3.08. The van der Waals surface area contributed by atoms with Gasteiger partial charge in [-0.2, -0.15) is 5.10 Å². The lowest BCUT2D eigenvalue weighted by Gasteiger charge is -2.12. The summed E-state index contributed by atoms with van der Waals surface area (Å²) in [5.74, 6) is 1.35. The summed E-state index contributed by atoms with van der Waals surface area (Å²) in [5, 5.41) is 7.31. The first-order valence-electron chi connectivity index (χ1n) is 8.76. The maximum Gasteiger partial charge on any atom is 0.272 e. The highest BCUT2D eigenvalue weighted by molar-refractivity contribution is 5.92. The van der Waals surface area contributed by atoms with E-state index in [1.807, 2.05) is 47.1 Å². The summed E-state index contributed by atoms with van der Waals surface area (Å²) in [4.78, 5) is 16.4. The van der Waals surface area contributed by atoms with Gasteiger partial charge in [-0.25, -0.2) is 0 Å². The number of hydrogen-bond donors (Lipinski definition) is 1. The largest absolute Gasteiger partial charge is 0.497 e. The fourth-order valence-corrected chi connectivity index (χ4v) is 3.08. The Morgan fingerprint density at radius 2 is 2.11 bits per heavy atom. The lowest BCUT2D eigenvalue weighted by Crippen LogP contribution is -2.24. The lowest BCUT2D eigenvalue weighted by molar-refractivity contribution is 0.0944. The molecule has 0 bridgehead atoms. The van der Waals surface area contributed by atoms with Crippen molar-refractivity contribution in [3.63, 3.8) is 0 Å². The molecule has 1 aliphatic rings. The van der Waals surface area contributed by atoms with Crippen LogP contribution in [0, 0.1) is 0 Å². The summed E-state index contributed by atoms with van der Waals surface area (Å²) in [6.07, 6.45) is 4.13. The third kappa shape index (κ3) is 3.92. The van der Waals surface area contributed by atoms with Gasteiger partial charge in [-0.1, -0.05) is 12.1 Å². The summed E-state index contributed by atoms with van der Waals surface area (Å²) >= 11 is 0. The Labute approximate surface area is 156 Å². The van der Waals surface area contributed by atoms with Crippen LogP contribution in [0.5, 0.6) is 11.5 Å². The number of ether oxygens (including phenoxy) is 2. The van der Waals surface area contributed by atoms with E-state index in [2.05, 4.69) is 15.4 Å². The van der Waals surface area contributed by atoms with Gasteiger partial charge in [0.1, 0.15) is 23.3 Å². The first-order chi connectivity index (χ1) is 13.2. The van der Waals surface area contributed by atoms with E-state index < -0.39 is 0 Å². The highest BCUT2D eigenvalue weighted by Gasteiger charge is 2.26. The molecule has 1 aliphatic heterocycles. The lowest BCUT2D eigenvalue weighted by atomic mass is 10.2. The van der Waals surface area contributed by atoms with E-state index in [1.54, 1.807) is 19.5 Å². The molecule has 4 rings (SSSR count). The molecule has 0 aliphatic carbocycles. The zero-order chi connectivity index (χ0) is 18.6. The number of aromatic nitrogens is 3. The molecule has 138 valence electrons. The minimum Gasteiger partial charge on any atom is -0.497 e. The van der Waals surface area contributed by atoms with Gasteiger partial charge in [0.25, 0.3) is 5.91 Å². The highest BCUT2D eigenvalue weighted by atomic mass is 16.5. The number of carbonyl (C=O) groups is 1. The van der Waals surface area contributed by atoms with Crippen LogP contribution >= 0.6 is 0 Å². The summed E-state index contributed by atoms with van der Waals surface area (Å²) in [5.41, 5.74) is 2.43. The van der Waals surface area contributed by atoms with E-state index >= 15 is 0 Å². The van der Waals surface area contributed by atoms with Crippen molar-refractivity contribution in [2.45, 2.75) is 25.6 Å². The van der Waals surface area contributed by atoms with Crippen LogP contribution in [-0.4, -0.2) is 33.9 Å². The molecule has 0 saturated heterocycles. The maximum absolute atomic E-state index is 12.4. The predicted molar refractivity (Wildman–Crippen MR) is 98.7 cm³/mol. The number of fused-ring (bicyclic) bond motifs is 1. The molecule has 0 saturated carbocycles. The Hall–Kier alpha value is -3.35. The van der Waals surface area contributed by atoms with Crippen molar-refractivity contribution in [3.8, 4) is 11.5 Å². The molecule has 3 heterocycles. The van der Waals surface area contributed by atoms with E-state index in [-0.39, 0.29) is 12.0 Å². The zero-order valence-electron chi connectivity index (χ0n) is 15.0. The Kier molecular flexibility index (Phi) is 4.74. The van der Waals surface area contributed by atoms with Crippen LogP contribution in [0.3, 0.4) is 0 Å². The van der Waals surface area contributed by atoms with Crippen molar-refractivity contribution >= 4 is 5.91 Å². The number of nitrogens with one attached hydrogen (secondary N) is 1. The van der Waals surface area contributed by atoms with Crippen molar-refractivity contribution < 1.29 is 14.3 Å². The van der Waals surface area contributed by atoms with Crippen molar-refractivity contribution in [1.29, 1.82) is 0 Å². The monoisotopic (exact) mass is 364 g/mol. The molecule has 0 unspecified atom stereocenters. The van der Waals surface area contributed by atoms with Crippen LogP contribution in [0.1, 0.15) is 21.7 Å². The number of nitrogens with zero attached hydrogens (tertiary/aromatic N) is 3. The van der Waals surface area contributed by atoms with Gasteiger partial charge < -0.3 is 14.8 Å². The van der Waals surface area contributed by atoms with Gasteiger partial charge in [-0.3, -0.25) is 14.5 Å². The van der Waals surface area contributed by atoms with Gasteiger partial charge >= 0.3 is 0 Å². The van der Waals surface area contributed by atoms with Gasteiger partial charge in [0.2, 0.25) is 0 Å². The molecular weight excluding hydrogens is 344 g/mol. The molecule has 1 atom stereocenters. The predicted octanol–water partition coefficient (Wildman–Crippen LogP) is 2.22. The van der Waals surface area contributed by atoms with Crippen LogP contribution in [0.15, 0.2) is 54.9 Å². The number of methoxy groups -OCH3 is 1. The Balaban J connectivity index is 1.32. The normalized spacial score (nSPS) is 15.2. The second-order valence-electron chi connectivity index (χ2n) is 6.37. The van der Waals surface area contributed by atoms with Crippen molar-refractivity contribution in [2.75, 3.05) is 7.11 Å². The van der Waals surface area contributed by atoms with Crippen LogP contribution in [0.25, 0.3) is 0 Å². The quantitative estimate of drug-likeness (QED) is 0.726. The SMILES string of the molecule is COc1ccc(CNC(=O)c2cc3n(n2)C[C@@H](Oc2cccnc2)C3)cc1. The van der Waals surface area contributed by atoms with E-state index in [1.165, 1.54) is 0 Å². The molecule has 0 fully saturated rings. The van der Waals surface area contributed by atoms with Gasteiger partial charge in [0.15, 0.2) is 0 Å². The number of carbonyl (C=O) groups excluding carboxylic acids is 1. The van der Waals surface area contributed by atoms with E-state index in [4.69, 9.17) is 9.47 Å². The molecule has 2 aromatic heterocycles. The Morgan fingerprint density at radius 1 is 1.26 bits per heavy atom. The van der Waals surface area contributed by atoms with Crippen LogP contribution < -0.4 is 14.8 Å². The second kappa shape index (κ2) is 7.49. The molecule has 1 N–H and O–H groups in total. The minimum absolute atomic E-state index is 0.00751. The average molecular weight is 364 g/mol. The molecule has 3 aromatic rings. The van der Waals surface area contributed by atoms with Gasteiger partial charge in [0.05, 0.1) is 19.9 Å². The minimum atomic E-state index is -0.183. The molecule has 27 heavy (non-hydrogen) atoms. The van der Waals surface area contributed by atoms with Gasteiger partial charge in [-0.05, 0) is 35.9 Å². The highest BCUT2D eigenvalue weighted by Crippen LogP contribution is 2.21. The fraction of sp³-hybridized carbons (Fsp3) is 0.250. The zero-order valence-corrected chi connectivity index (χ0v) is 15.0. The topological polar surface area (TPSA) is 78.3 Å². The summed E-state index contributed by atoms with van der Waals surface area (Å²) < 4.78 is 12.9. The third-order valence-corrected chi connectivity index (χ3v) is 4.46. The molecule has 0 radical (unpaired) electrons. The number of amides is 1. The van der Waals surface area contributed by atoms with Crippen molar-refractivity contribution in [1.82, 2.24) is 20.1 Å². The number of hydrogen-bond acceptors (Lipinski definition) is 5. The maximum atomic E-state index is 12.4. The van der Waals surface area contributed by atoms with Gasteiger partial charge in [-0.15, -0.1) is 0 Å². The Bertz CT molecular complexity index is 899. The Morgan fingerprint density at radius 3 is 2.81 bits per heavy atom. The standard InChI is InChI=1S/C20H20N4O3/c1-26-16-6-4-14(5-7-16)11-22-20(25)19-10-15-9-18(13-24(15)23-19)27-17-3-2-8-21-12-17/h2-8,10,12,18H,9,11,13H2,1H3,(H,22,25)/t18-/m0/s1. The molecule has 0 spiro atoms. The second-order valence-corrected chi connectivity index (χ2v) is 6.37. The summed E-state index contributed by atoms with van der Waals surface area (Å²) in [6, 6.07) is 13.1. The molecule has 7 nitrogen and oxygen atoms in total. The van der Waals surface area contributed by atoms with E-state index in [9.17, 15) is 4.79 Å².